The molecule has 0 radical (unpaired) electrons. The molecule has 1 aliphatic rings. The van der Waals surface area contributed by atoms with Crippen LogP contribution in [0, 0.1) is 17.0 Å². The number of likely N-dealkylation sites (N-methyl/N-ethyl adjacent to an activating group) is 1. The van der Waals surface area contributed by atoms with Gasteiger partial charge in [-0.1, -0.05) is 31.2 Å². The summed E-state index contributed by atoms with van der Waals surface area (Å²) >= 11 is 0. The molecule has 1 N–H and O–H groups in total. The second kappa shape index (κ2) is 7.58. The van der Waals surface area contributed by atoms with Crippen LogP contribution in [0.5, 0.6) is 5.88 Å². The Labute approximate surface area is 158 Å². The number of nitro groups is 1. The topological polar surface area (TPSA) is 102 Å². The van der Waals surface area contributed by atoms with Crippen molar-refractivity contribution in [3.8, 4) is 5.88 Å². The molecule has 0 spiro atoms. The molecule has 1 aromatic heterocycles. The largest absolute Gasteiger partial charge is 0.473 e. The fourth-order valence-corrected chi connectivity index (χ4v) is 3.61. The molecule has 0 amide bonds. The van der Waals surface area contributed by atoms with Crippen molar-refractivity contribution in [1.29, 1.82) is 0 Å². The normalized spacial score (nSPS) is 20.0. The van der Waals surface area contributed by atoms with E-state index in [4.69, 9.17) is 4.74 Å². The fraction of sp³-hybridized carbons (Fsp3) is 0.474. The summed E-state index contributed by atoms with van der Waals surface area (Å²) in [4.78, 5) is 21.8. The van der Waals surface area contributed by atoms with Crippen molar-refractivity contribution in [2.45, 2.75) is 32.8 Å². The van der Waals surface area contributed by atoms with Crippen LogP contribution < -0.4 is 4.74 Å². The molecule has 1 unspecified atom stereocenters. The Balaban J connectivity index is 2.31. The van der Waals surface area contributed by atoms with Gasteiger partial charge in [0.1, 0.15) is 5.82 Å². The summed E-state index contributed by atoms with van der Waals surface area (Å²) < 4.78 is 5.41. The summed E-state index contributed by atoms with van der Waals surface area (Å²) in [6, 6.07) is 7.50. The number of rotatable bonds is 5. The summed E-state index contributed by atoms with van der Waals surface area (Å²) in [5.74, 6) is 0.209. The molecule has 8 nitrogen and oxygen atoms in total. The summed E-state index contributed by atoms with van der Waals surface area (Å²) in [6.07, 6.45) is 0.752. The molecule has 0 saturated heterocycles. The summed E-state index contributed by atoms with van der Waals surface area (Å²) in [7, 11) is 0. The molecule has 0 aliphatic carbocycles. The molecule has 144 valence electrons. The number of aryl methyl sites for hydroxylation is 1. The van der Waals surface area contributed by atoms with Crippen LogP contribution in [0.25, 0.3) is 0 Å². The van der Waals surface area contributed by atoms with Crippen molar-refractivity contribution < 1.29 is 14.8 Å². The van der Waals surface area contributed by atoms with Crippen LogP contribution in [0.4, 0.5) is 5.69 Å². The highest BCUT2D eigenvalue weighted by molar-refractivity contribution is 5.53. The summed E-state index contributed by atoms with van der Waals surface area (Å²) in [5, 5.41) is 23.7. The minimum absolute atomic E-state index is 0.0174. The molecule has 2 heterocycles. The molecular weight excluding hydrogens is 348 g/mol. The zero-order valence-corrected chi connectivity index (χ0v) is 15.8. The number of benzene rings is 1. The van der Waals surface area contributed by atoms with Crippen LogP contribution in [0.2, 0.25) is 0 Å². The maximum absolute atomic E-state index is 11.9. The van der Waals surface area contributed by atoms with Gasteiger partial charge in [0.25, 0.3) is 5.88 Å². The van der Waals surface area contributed by atoms with Gasteiger partial charge in [0.15, 0.2) is 11.3 Å². The Kier molecular flexibility index (Phi) is 5.38. The van der Waals surface area contributed by atoms with E-state index < -0.39 is 10.5 Å². The third kappa shape index (κ3) is 3.50. The first-order valence-corrected chi connectivity index (χ1v) is 9.10. The summed E-state index contributed by atoms with van der Waals surface area (Å²) in [5.41, 5.74) is -0.427. The number of fused-ring (bicyclic) bond motifs is 1. The molecule has 0 saturated carbocycles. The lowest BCUT2D eigenvalue weighted by Gasteiger charge is -2.32. The third-order valence-corrected chi connectivity index (χ3v) is 4.88. The van der Waals surface area contributed by atoms with Gasteiger partial charge in [-0.05, 0) is 37.9 Å². The first-order valence-electron chi connectivity index (χ1n) is 9.10. The van der Waals surface area contributed by atoms with Gasteiger partial charge in [0, 0.05) is 13.1 Å². The van der Waals surface area contributed by atoms with E-state index in [0.717, 1.165) is 18.5 Å². The number of nitrogens with zero attached hydrogens (tertiary/aromatic N) is 4. The van der Waals surface area contributed by atoms with Gasteiger partial charge in [0.05, 0.1) is 11.5 Å². The highest BCUT2D eigenvalue weighted by Crippen LogP contribution is 2.41. The first kappa shape index (κ1) is 19.2. The van der Waals surface area contributed by atoms with Crippen molar-refractivity contribution in [2.24, 2.45) is 0 Å². The maximum Gasteiger partial charge on any atom is 0.355 e. The average molecular weight is 372 g/mol. The van der Waals surface area contributed by atoms with Gasteiger partial charge in [-0.25, -0.2) is 4.98 Å². The number of hydrogen-bond donors (Lipinski definition) is 1. The molecule has 0 fully saturated rings. The van der Waals surface area contributed by atoms with Crippen molar-refractivity contribution >= 4 is 5.69 Å². The van der Waals surface area contributed by atoms with Gasteiger partial charge in [-0.15, -0.1) is 0 Å². The average Bonchev–Trinajstić information content (AvgIpc) is 2.79. The molecule has 27 heavy (non-hydrogen) atoms. The van der Waals surface area contributed by atoms with Crippen LogP contribution in [0.1, 0.15) is 36.5 Å². The van der Waals surface area contributed by atoms with Gasteiger partial charge in [-0.2, -0.15) is 4.98 Å². The van der Waals surface area contributed by atoms with Crippen molar-refractivity contribution in [2.75, 3.05) is 26.2 Å². The maximum atomic E-state index is 11.9. The van der Waals surface area contributed by atoms with E-state index in [1.54, 1.807) is 13.8 Å². The minimum atomic E-state index is -1.63. The Bertz CT molecular complexity index is 858. The quantitative estimate of drug-likeness (QED) is 0.634. The SMILES string of the molecule is CCOc1nc(C)nc(C2(O)CN(CC)CCc3ccccc32)c1[N+](=O)[O-]. The van der Waals surface area contributed by atoms with E-state index in [1.807, 2.05) is 31.2 Å². The zero-order chi connectivity index (χ0) is 19.6. The van der Waals surface area contributed by atoms with Crippen LogP contribution in [0.15, 0.2) is 24.3 Å². The zero-order valence-electron chi connectivity index (χ0n) is 15.8. The molecule has 1 aromatic carbocycles. The number of hydrogen-bond acceptors (Lipinski definition) is 7. The molecule has 0 bridgehead atoms. The molecule has 8 heteroatoms. The number of aliphatic hydroxyl groups is 1. The van der Waals surface area contributed by atoms with E-state index >= 15 is 0 Å². The Morgan fingerprint density at radius 1 is 1.33 bits per heavy atom. The first-order chi connectivity index (χ1) is 12.9. The van der Waals surface area contributed by atoms with Crippen LogP contribution in [0.3, 0.4) is 0 Å². The number of β-amino-alcohol motifs (C(OH)–C–C–N with tert-alkyl or cyclic N) is 1. The van der Waals surface area contributed by atoms with E-state index in [0.29, 0.717) is 17.9 Å². The Morgan fingerprint density at radius 2 is 2.07 bits per heavy atom. The Morgan fingerprint density at radius 3 is 2.74 bits per heavy atom. The molecular formula is C19H24N4O4. The lowest BCUT2D eigenvalue weighted by molar-refractivity contribution is -0.388. The number of ether oxygens (including phenoxy) is 1. The van der Waals surface area contributed by atoms with Gasteiger partial charge in [-0.3, -0.25) is 15.0 Å². The molecule has 1 atom stereocenters. The van der Waals surface area contributed by atoms with Gasteiger partial charge >= 0.3 is 5.69 Å². The smallest absolute Gasteiger partial charge is 0.355 e. The van der Waals surface area contributed by atoms with E-state index in [1.165, 1.54) is 0 Å². The standard InChI is InChI=1S/C19H24N4O4/c1-4-22-11-10-14-8-6-7-9-15(14)19(24,12-22)17-16(23(25)26)18(27-5-2)21-13(3)20-17/h6-9,24H,4-5,10-12H2,1-3H3. The van der Waals surface area contributed by atoms with Crippen LogP contribution >= 0.6 is 0 Å². The van der Waals surface area contributed by atoms with Crippen LogP contribution in [-0.4, -0.2) is 51.1 Å². The van der Waals surface area contributed by atoms with E-state index in [9.17, 15) is 15.2 Å². The van der Waals surface area contributed by atoms with E-state index in [-0.39, 0.29) is 30.4 Å². The second-order valence-electron chi connectivity index (χ2n) is 6.60. The highest BCUT2D eigenvalue weighted by Gasteiger charge is 2.45. The molecule has 1 aliphatic heterocycles. The van der Waals surface area contributed by atoms with Gasteiger partial charge in [0.2, 0.25) is 0 Å². The van der Waals surface area contributed by atoms with Crippen molar-refractivity contribution in [3.63, 3.8) is 0 Å². The minimum Gasteiger partial charge on any atom is -0.473 e. The monoisotopic (exact) mass is 372 g/mol. The third-order valence-electron chi connectivity index (χ3n) is 4.88. The lowest BCUT2D eigenvalue weighted by atomic mass is 9.85. The predicted molar refractivity (Wildman–Crippen MR) is 99.9 cm³/mol. The van der Waals surface area contributed by atoms with Crippen molar-refractivity contribution in [3.05, 3.63) is 57.0 Å². The number of aromatic nitrogens is 2. The fourth-order valence-electron chi connectivity index (χ4n) is 3.61. The second-order valence-corrected chi connectivity index (χ2v) is 6.60. The van der Waals surface area contributed by atoms with Gasteiger partial charge < -0.3 is 9.84 Å². The highest BCUT2D eigenvalue weighted by atomic mass is 16.6. The lowest BCUT2D eigenvalue weighted by Crippen LogP contribution is -2.42. The molecule has 3 rings (SSSR count). The predicted octanol–water partition coefficient (Wildman–Crippen LogP) is 2.21. The van der Waals surface area contributed by atoms with Crippen molar-refractivity contribution in [1.82, 2.24) is 14.9 Å². The Hall–Kier alpha value is -2.58. The molecule has 2 aromatic rings. The summed E-state index contributed by atoms with van der Waals surface area (Å²) in [6.45, 7) is 7.28. The van der Waals surface area contributed by atoms with Crippen LogP contribution in [-0.2, 0) is 12.0 Å². The van der Waals surface area contributed by atoms with E-state index in [2.05, 4.69) is 14.9 Å².